The highest BCUT2D eigenvalue weighted by molar-refractivity contribution is 7.07. The van der Waals surface area contributed by atoms with Crippen molar-refractivity contribution in [3.05, 3.63) is 40.3 Å². The maximum absolute atomic E-state index is 4.35. The van der Waals surface area contributed by atoms with E-state index in [2.05, 4.69) is 47.3 Å². The van der Waals surface area contributed by atoms with Crippen LogP contribution < -0.4 is 5.32 Å². The molecule has 1 N–H and O–H groups in total. The Labute approximate surface area is 100 Å². The lowest BCUT2D eigenvalue weighted by Gasteiger charge is -2.05. The largest absolute Gasteiger partial charge is 0.310 e. The van der Waals surface area contributed by atoms with Gasteiger partial charge >= 0.3 is 0 Å². The summed E-state index contributed by atoms with van der Waals surface area (Å²) in [5, 5.41) is 12.0. The molecular formula is C12H17N3S. The molecule has 2 aromatic rings. The van der Waals surface area contributed by atoms with Gasteiger partial charge in [-0.3, -0.25) is 4.68 Å². The zero-order valence-corrected chi connectivity index (χ0v) is 10.5. The number of aromatic nitrogens is 2. The Balaban J connectivity index is 1.92. The Morgan fingerprint density at radius 2 is 2.31 bits per heavy atom. The lowest BCUT2D eigenvalue weighted by Crippen LogP contribution is -2.21. The lowest BCUT2D eigenvalue weighted by molar-refractivity contribution is 0.588. The number of thiophene rings is 1. The van der Waals surface area contributed by atoms with Crippen molar-refractivity contribution in [1.82, 2.24) is 15.1 Å². The van der Waals surface area contributed by atoms with Gasteiger partial charge in [0.1, 0.15) is 0 Å². The van der Waals surface area contributed by atoms with Crippen LogP contribution >= 0.6 is 11.3 Å². The Hall–Kier alpha value is -1.13. The second kappa shape index (κ2) is 5.27. The maximum atomic E-state index is 4.35. The summed E-state index contributed by atoms with van der Waals surface area (Å²) in [5.74, 6) is 0. The predicted octanol–water partition coefficient (Wildman–Crippen LogP) is 2.49. The second-order valence-electron chi connectivity index (χ2n) is 4.21. The monoisotopic (exact) mass is 235 g/mol. The number of nitrogens with zero attached hydrogens (tertiary/aromatic N) is 2. The summed E-state index contributed by atoms with van der Waals surface area (Å²) in [7, 11) is 0. The van der Waals surface area contributed by atoms with Crippen molar-refractivity contribution in [3.63, 3.8) is 0 Å². The molecule has 0 atom stereocenters. The molecule has 3 nitrogen and oxygen atoms in total. The molecule has 0 unspecified atom stereocenters. The molecule has 0 spiro atoms. The lowest BCUT2D eigenvalue weighted by atomic mass is 10.3. The molecule has 0 radical (unpaired) electrons. The van der Waals surface area contributed by atoms with Crippen molar-refractivity contribution in [2.45, 2.75) is 33.0 Å². The highest BCUT2D eigenvalue weighted by Crippen LogP contribution is 2.08. The molecule has 86 valence electrons. The Bertz CT molecular complexity index is 417. The fourth-order valence-corrected chi connectivity index (χ4v) is 2.14. The van der Waals surface area contributed by atoms with Crippen molar-refractivity contribution in [2.24, 2.45) is 0 Å². The first-order valence-electron chi connectivity index (χ1n) is 5.50. The van der Waals surface area contributed by atoms with E-state index in [1.54, 1.807) is 11.3 Å². The molecule has 2 rings (SSSR count). The van der Waals surface area contributed by atoms with Gasteiger partial charge in [0.25, 0.3) is 0 Å². The van der Waals surface area contributed by atoms with Gasteiger partial charge in [0, 0.05) is 24.3 Å². The third-order valence-electron chi connectivity index (χ3n) is 2.33. The summed E-state index contributed by atoms with van der Waals surface area (Å²) >= 11 is 1.73. The topological polar surface area (TPSA) is 29.9 Å². The number of hydrogen-bond donors (Lipinski definition) is 1. The molecule has 0 amide bonds. The van der Waals surface area contributed by atoms with Crippen LogP contribution in [0.15, 0.2) is 29.2 Å². The van der Waals surface area contributed by atoms with E-state index in [0.717, 1.165) is 13.1 Å². The molecule has 0 fully saturated rings. The SMILES string of the molecule is CC(C)NCc1cnn(Cc2ccsc2)c1. The van der Waals surface area contributed by atoms with Gasteiger partial charge in [-0.2, -0.15) is 16.4 Å². The van der Waals surface area contributed by atoms with Crippen LogP contribution in [-0.4, -0.2) is 15.8 Å². The summed E-state index contributed by atoms with van der Waals surface area (Å²) < 4.78 is 1.99. The minimum atomic E-state index is 0.514. The third-order valence-corrected chi connectivity index (χ3v) is 3.06. The van der Waals surface area contributed by atoms with Crippen LogP contribution in [-0.2, 0) is 13.1 Å². The van der Waals surface area contributed by atoms with Gasteiger partial charge in [-0.15, -0.1) is 0 Å². The first-order chi connectivity index (χ1) is 7.74. The van der Waals surface area contributed by atoms with Crippen LogP contribution in [0.3, 0.4) is 0 Å². The van der Waals surface area contributed by atoms with Gasteiger partial charge < -0.3 is 5.32 Å². The molecule has 2 aromatic heterocycles. The van der Waals surface area contributed by atoms with Crippen LogP contribution in [0.5, 0.6) is 0 Å². The molecule has 2 heterocycles. The van der Waals surface area contributed by atoms with Crippen LogP contribution in [0.4, 0.5) is 0 Å². The van der Waals surface area contributed by atoms with Gasteiger partial charge in [0.15, 0.2) is 0 Å². The molecule has 0 aliphatic carbocycles. The highest BCUT2D eigenvalue weighted by Gasteiger charge is 2.00. The summed E-state index contributed by atoms with van der Waals surface area (Å²) in [4.78, 5) is 0. The van der Waals surface area contributed by atoms with Crippen molar-refractivity contribution in [1.29, 1.82) is 0 Å². The minimum absolute atomic E-state index is 0.514. The third kappa shape index (κ3) is 3.18. The molecule has 0 saturated heterocycles. The number of hydrogen-bond acceptors (Lipinski definition) is 3. The maximum Gasteiger partial charge on any atom is 0.0667 e. The average molecular weight is 235 g/mol. The summed E-state index contributed by atoms with van der Waals surface area (Å²) in [5.41, 5.74) is 2.56. The van der Waals surface area contributed by atoms with Crippen LogP contribution in [0.2, 0.25) is 0 Å². The fourth-order valence-electron chi connectivity index (χ4n) is 1.48. The minimum Gasteiger partial charge on any atom is -0.310 e. The summed E-state index contributed by atoms with van der Waals surface area (Å²) in [6.07, 6.45) is 4.04. The first kappa shape index (κ1) is 11.4. The van der Waals surface area contributed by atoms with E-state index in [0.29, 0.717) is 6.04 Å². The zero-order valence-electron chi connectivity index (χ0n) is 9.68. The number of nitrogens with one attached hydrogen (secondary N) is 1. The first-order valence-corrected chi connectivity index (χ1v) is 6.44. The quantitative estimate of drug-likeness (QED) is 0.863. The van der Waals surface area contributed by atoms with E-state index in [-0.39, 0.29) is 0 Å². The number of rotatable bonds is 5. The van der Waals surface area contributed by atoms with E-state index in [9.17, 15) is 0 Å². The predicted molar refractivity (Wildman–Crippen MR) is 67.6 cm³/mol. The molecule has 0 bridgehead atoms. The van der Waals surface area contributed by atoms with Gasteiger partial charge in [-0.25, -0.2) is 0 Å². The van der Waals surface area contributed by atoms with E-state index in [1.165, 1.54) is 11.1 Å². The Morgan fingerprint density at radius 1 is 1.44 bits per heavy atom. The van der Waals surface area contributed by atoms with E-state index >= 15 is 0 Å². The molecule has 4 heteroatoms. The van der Waals surface area contributed by atoms with E-state index in [4.69, 9.17) is 0 Å². The van der Waals surface area contributed by atoms with Gasteiger partial charge in [-0.05, 0) is 22.4 Å². The second-order valence-corrected chi connectivity index (χ2v) is 4.99. The van der Waals surface area contributed by atoms with Gasteiger partial charge in [0.2, 0.25) is 0 Å². The molecule has 0 aliphatic rings. The van der Waals surface area contributed by atoms with Crippen LogP contribution in [0.25, 0.3) is 0 Å². The fraction of sp³-hybridized carbons (Fsp3) is 0.417. The van der Waals surface area contributed by atoms with Crippen LogP contribution in [0.1, 0.15) is 25.0 Å². The summed E-state index contributed by atoms with van der Waals surface area (Å²) in [6.45, 7) is 6.05. The molecule has 0 aromatic carbocycles. The standard InChI is InChI=1S/C12H17N3S/c1-10(2)13-5-12-6-14-15(8-12)7-11-3-4-16-9-11/h3-4,6,8-10,13H,5,7H2,1-2H3. The Kier molecular flexibility index (Phi) is 3.74. The smallest absolute Gasteiger partial charge is 0.0667 e. The molecule has 0 aliphatic heterocycles. The van der Waals surface area contributed by atoms with Crippen molar-refractivity contribution >= 4 is 11.3 Å². The highest BCUT2D eigenvalue weighted by atomic mass is 32.1. The van der Waals surface area contributed by atoms with Crippen molar-refractivity contribution in [3.8, 4) is 0 Å². The van der Waals surface area contributed by atoms with E-state index in [1.807, 2.05) is 10.9 Å². The average Bonchev–Trinajstić information content (AvgIpc) is 2.87. The molecular weight excluding hydrogens is 218 g/mol. The normalized spacial score (nSPS) is 11.2. The van der Waals surface area contributed by atoms with Crippen molar-refractivity contribution < 1.29 is 0 Å². The molecule has 16 heavy (non-hydrogen) atoms. The van der Waals surface area contributed by atoms with Crippen molar-refractivity contribution in [2.75, 3.05) is 0 Å². The Morgan fingerprint density at radius 3 is 3.00 bits per heavy atom. The van der Waals surface area contributed by atoms with Gasteiger partial charge in [0.05, 0.1) is 12.7 Å². The van der Waals surface area contributed by atoms with Gasteiger partial charge in [-0.1, -0.05) is 13.8 Å². The van der Waals surface area contributed by atoms with Crippen LogP contribution in [0, 0.1) is 0 Å². The molecule has 0 saturated carbocycles. The summed E-state index contributed by atoms with van der Waals surface area (Å²) in [6, 6.07) is 2.65. The zero-order chi connectivity index (χ0) is 11.4. The van der Waals surface area contributed by atoms with E-state index < -0.39 is 0 Å².